The molecule has 0 saturated heterocycles. The van der Waals surface area contributed by atoms with Gasteiger partial charge in [0, 0.05) is 0 Å². The lowest BCUT2D eigenvalue weighted by molar-refractivity contribution is -0.113. The van der Waals surface area contributed by atoms with E-state index in [2.05, 4.69) is 0 Å². The number of hydrogen-bond acceptors (Lipinski definition) is 1. The molecular formula is C16H14ClFO. The SMILES string of the molecule is Cc1ccccc1CC(C(=O)Cl)c1ccccc1F. The third kappa shape index (κ3) is 3.21. The lowest BCUT2D eigenvalue weighted by atomic mass is 9.91. The molecule has 0 N–H and O–H groups in total. The lowest BCUT2D eigenvalue weighted by Gasteiger charge is -2.15. The molecule has 0 aliphatic heterocycles. The number of carbonyl (C=O) groups excluding carboxylic acids is 1. The van der Waals surface area contributed by atoms with Crippen molar-refractivity contribution in [1.29, 1.82) is 0 Å². The third-order valence-corrected chi connectivity index (χ3v) is 3.50. The number of halogens is 2. The summed E-state index contributed by atoms with van der Waals surface area (Å²) >= 11 is 5.65. The zero-order chi connectivity index (χ0) is 13.8. The normalized spacial score (nSPS) is 12.2. The van der Waals surface area contributed by atoms with Gasteiger partial charge in [0.25, 0.3) is 0 Å². The molecule has 0 heterocycles. The fraction of sp³-hybridized carbons (Fsp3) is 0.188. The van der Waals surface area contributed by atoms with Crippen LogP contribution < -0.4 is 0 Å². The number of carbonyl (C=O) groups is 1. The Bertz CT molecular complexity index is 595. The second-order valence-corrected chi connectivity index (χ2v) is 4.88. The Kier molecular flexibility index (Phi) is 4.33. The highest BCUT2D eigenvalue weighted by molar-refractivity contribution is 6.64. The molecule has 1 unspecified atom stereocenters. The van der Waals surface area contributed by atoms with Gasteiger partial charge in [0.1, 0.15) is 5.82 Å². The van der Waals surface area contributed by atoms with E-state index in [1.165, 1.54) is 6.07 Å². The van der Waals surface area contributed by atoms with Crippen molar-refractivity contribution in [2.24, 2.45) is 0 Å². The van der Waals surface area contributed by atoms with Crippen LogP contribution in [0.1, 0.15) is 22.6 Å². The van der Waals surface area contributed by atoms with Gasteiger partial charge in [-0.05, 0) is 47.7 Å². The molecule has 0 aliphatic carbocycles. The molecule has 3 heteroatoms. The summed E-state index contributed by atoms with van der Waals surface area (Å²) in [6.45, 7) is 1.96. The summed E-state index contributed by atoms with van der Waals surface area (Å²) in [6.07, 6.45) is 0.413. The van der Waals surface area contributed by atoms with Crippen molar-refractivity contribution in [2.75, 3.05) is 0 Å². The average Bonchev–Trinajstić information content (AvgIpc) is 2.38. The minimum Gasteiger partial charge on any atom is -0.281 e. The summed E-state index contributed by atoms with van der Waals surface area (Å²) in [4.78, 5) is 11.6. The first-order valence-corrected chi connectivity index (χ1v) is 6.45. The van der Waals surface area contributed by atoms with Crippen molar-refractivity contribution in [1.82, 2.24) is 0 Å². The van der Waals surface area contributed by atoms with Crippen molar-refractivity contribution >= 4 is 16.8 Å². The van der Waals surface area contributed by atoms with Crippen LogP contribution in [0.2, 0.25) is 0 Å². The van der Waals surface area contributed by atoms with Gasteiger partial charge in [-0.3, -0.25) is 4.79 Å². The highest BCUT2D eigenvalue weighted by Crippen LogP contribution is 2.26. The molecule has 0 spiro atoms. The molecule has 0 bridgehead atoms. The van der Waals surface area contributed by atoms with Crippen LogP contribution in [0.4, 0.5) is 4.39 Å². The summed E-state index contributed by atoms with van der Waals surface area (Å²) in [5.41, 5.74) is 2.43. The van der Waals surface area contributed by atoms with Crippen LogP contribution in [-0.2, 0) is 11.2 Å². The Hall–Kier alpha value is -1.67. The molecule has 98 valence electrons. The number of hydrogen-bond donors (Lipinski definition) is 0. The molecule has 0 fully saturated rings. The molecule has 1 nitrogen and oxygen atoms in total. The molecule has 0 radical (unpaired) electrons. The van der Waals surface area contributed by atoms with E-state index in [9.17, 15) is 9.18 Å². The topological polar surface area (TPSA) is 17.1 Å². The van der Waals surface area contributed by atoms with Gasteiger partial charge in [0.2, 0.25) is 5.24 Å². The van der Waals surface area contributed by atoms with Crippen molar-refractivity contribution in [2.45, 2.75) is 19.3 Å². The average molecular weight is 277 g/mol. The lowest BCUT2D eigenvalue weighted by Crippen LogP contribution is -2.12. The molecule has 0 saturated carbocycles. The molecule has 2 aromatic rings. The van der Waals surface area contributed by atoms with Gasteiger partial charge < -0.3 is 0 Å². The van der Waals surface area contributed by atoms with Crippen LogP contribution in [-0.4, -0.2) is 5.24 Å². The van der Waals surface area contributed by atoms with Crippen LogP contribution in [0, 0.1) is 12.7 Å². The van der Waals surface area contributed by atoms with Gasteiger partial charge in [-0.15, -0.1) is 0 Å². The molecular weight excluding hydrogens is 263 g/mol. The van der Waals surface area contributed by atoms with Crippen LogP contribution in [0.5, 0.6) is 0 Å². The Labute approximate surface area is 117 Å². The molecule has 0 aromatic heterocycles. The van der Waals surface area contributed by atoms with E-state index in [1.807, 2.05) is 31.2 Å². The monoisotopic (exact) mass is 276 g/mol. The summed E-state index contributed by atoms with van der Waals surface area (Å²) in [6, 6.07) is 14.0. The summed E-state index contributed by atoms with van der Waals surface area (Å²) < 4.78 is 13.8. The first-order chi connectivity index (χ1) is 9.09. The zero-order valence-electron chi connectivity index (χ0n) is 10.6. The van der Waals surface area contributed by atoms with Crippen LogP contribution in [0.15, 0.2) is 48.5 Å². The maximum absolute atomic E-state index is 13.8. The Morgan fingerprint density at radius 1 is 1.16 bits per heavy atom. The minimum absolute atomic E-state index is 0.353. The quantitative estimate of drug-likeness (QED) is 0.764. The number of rotatable bonds is 4. The van der Waals surface area contributed by atoms with Gasteiger partial charge in [-0.1, -0.05) is 42.5 Å². The Morgan fingerprint density at radius 2 is 1.79 bits per heavy atom. The second-order valence-electron chi connectivity index (χ2n) is 4.51. The fourth-order valence-electron chi connectivity index (χ4n) is 2.13. The summed E-state index contributed by atoms with van der Waals surface area (Å²) in [5.74, 6) is -1.04. The van der Waals surface area contributed by atoms with Gasteiger partial charge in [0.05, 0.1) is 5.92 Å². The van der Waals surface area contributed by atoms with Gasteiger partial charge in [-0.2, -0.15) is 0 Å². The fourth-order valence-corrected chi connectivity index (χ4v) is 2.32. The minimum atomic E-state index is -0.649. The van der Waals surface area contributed by atoms with Gasteiger partial charge >= 0.3 is 0 Å². The predicted octanol–water partition coefficient (Wildman–Crippen LogP) is 4.23. The maximum atomic E-state index is 13.8. The highest BCUT2D eigenvalue weighted by atomic mass is 35.5. The van der Waals surface area contributed by atoms with Crippen molar-refractivity contribution in [3.63, 3.8) is 0 Å². The first-order valence-electron chi connectivity index (χ1n) is 6.08. The van der Waals surface area contributed by atoms with E-state index in [4.69, 9.17) is 11.6 Å². The van der Waals surface area contributed by atoms with Crippen LogP contribution in [0.25, 0.3) is 0 Å². The van der Waals surface area contributed by atoms with E-state index in [0.29, 0.717) is 12.0 Å². The first kappa shape index (κ1) is 13.8. The van der Waals surface area contributed by atoms with E-state index >= 15 is 0 Å². The van der Waals surface area contributed by atoms with Crippen LogP contribution >= 0.6 is 11.6 Å². The van der Waals surface area contributed by atoms with Crippen LogP contribution in [0.3, 0.4) is 0 Å². The Balaban J connectivity index is 2.35. The third-order valence-electron chi connectivity index (χ3n) is 3.24. The number of benzene rings is 2. The summed E-state index contributed by atoms with van der Waals surface area (Å²) in [5, 5.41) is -0.534. The van der Waals surface area contributed by atoms with Gasteiger partial charge in [-0.25, -0.2) is 4.39 Å². The van der Waals surface area contributed by atoms with E-state index in [0.717, 1.165) is 11.1 Å². The predicted molar refractivity (Wildman–Crippen MR) is 74.9 cm³/mol. The molecule has 2 aromatic carbocycles. The second kappa shape index (κ2) is 5.98. The zero-order valence-corrected chi connectivity index (χ0v) is 11.3. The maximum Gasteiger partial charge on any atom is 0.229 e. The van der Waals surface area contributed by atoms with E-state index < -0.39 is 17.0 Å². The summed E-state index contributed by atoms with van der Waals surface area (Å²) in [7, 11) is 0. The molecule has 0 aliphatic rings. The van der Waals surface area contributed by atoms with Crippen molar-refractivity contribution in [3.05, 3.63) is 71.0 Å². The van der Waals surface area contributed by atoms with Crippen molar-refractivity contribution in [3.8, 4) is 0 Å². The Morgan fingerprint density at radius 3 is 2.42 bits per heavy atom. The standard InChI is InChI=1S/C16H14ClFO/c1-11-6-2-3-7-12(11)10-14(16(17)19)13-8-4-5-9-15(13)18/h2-9,14H,10H2,1H3. The molecule has 1 atom stereocenters. The van der Waals surface area contributed by atoms with E-state index in [1.54, 1.807) is 18.2 Å². The number of aryl methyl sites for hydroxylation is 1. The van der Waals surface area contributed by atoms with Gasteiger partial charge in [0.15, 0.2) is 0 Å². The smallest absolute Gasteiger partial charge is 0.229 e. The highest BCUT2D eigenvalue weighted by Gasteiger charge is 2.22. The molecule has 2 rings (SSSR count). The van der Waals surface area contributed by atoms with Crippen molar-refractivity contribution < 1.29 is 9.18 Å². The molecule has 0 amide bonds. The molecule has 19 heavy (non-hydrogen) atoms. The largest absolute Gasteiger partial charge is 0.281 e. The van der Waals surface area contributed by atoms with E-state index in [-0.39, 0.29) is 0 Å².